The lowest BCUT2D eigenvalue weighted by atomic mass is 10.0. The largest absolute Gasteiger partial charge is 0.497 e. The Kier molecular flexibility index (Phi) is 6.92. The first-order valence-corrected chi connectivity index (χ1v) is 11.4. The van der Waals surface area contributed by atoms with Crippen LogP contribution in [0, 0.1) is 12.7 Å². The number of hydrogen-bond donors (Lipinski definition) is 0. The zero-order valence-corrected chi connectivity index (χ0v) is 19.2. The van der Waals surface area contributed by atoms with Gasteiger partial charge < -0.3 is 19.1 Å². The first-order valence-electron chi connectivity index (χ1n) is 11.4. The van der Waals surface area contributed by atoms with Crippen molar-refractivity contribution >= 4 is 10.9 Å². The number of likely N-dealkylation sites (N-methyl/N-ethyl adjacent to an activating group) is 1. The summed E-state index contributed by atoms with van der Waals surface area (Å²) in [5, 5.41) is 0.178. The standard InChI is InChI=1S/C26H32FN3O2/c1-19-6-11-23(27)24-25(19)30(13-5-4-12-29-16-14-28(2)15-17-29)18-22(26(24)31)20-7-9-21(32-3)10-8-20/h6-11,18H,4-5,12-17H2,1-3H3. The van der Waals surface area contributed by atoms with Gasteiger partial charge in [0.2, 0.25) is 0 Å². The van der Waals surface area contributed by atoms with E-state index in [0.717, 1.165) is 69.0 Å². The van der Waals surface area contributed by atoms with E-state index in [2.05, 4.69) is 21.4 Å². The monoisotopic (exact) mass is 437 g/mol. The molecule has 0 spiro atoms. The van der Waals surface area contributed by atoms with E-state index < -0.39 is 5.82 Å². The maximum Gasteiger partial charge on any atom is 0.200 e. The normalized spacial score (nSPS) is 15.4. The molecule has 1 saturated heterocycles. The molecule has 2 heterocycles. The number of aryl methyl sites for hydroxylation is 2. The number of methoxy groups -OCH3 is 1. The van der Waals surface area contributed by atoms with E-state index in [0.29, 0.717) is 11.1 Å². The predicted octanol–water partition coefficient (Wildman–Crippen LogP) is 4.15. The second-order valence-electron chi connectivity index (χ2n) is 8.73. The third-order valence-corrected chi connectivity index (χ3v) is 6.49. The van der Waals surface area contributed by atoms with Gasteiger partial charge in [-0.3, -0.25) is 4.79 Å². The molecule has 170 valence electrons. The minimum absolute atomic E-state index is 0.178. The van der Waals surface area contributed by atoms with Crippen LogP contribution in [0.3, 0.4) is 0 Å². The number of aromatic nitrogens is 1. The van der Waals surface area contributed by atoms with Crippen molar-refractivity contribution in [2.24, 2.45) is 0 Å². The summed E-state index contributed by atoms with van der Waals surface area (Å²) in [6.45, 7) is 8.23. The van der Waals surface area contributed by atoms with Crippen molar-refractivity contribution in [2.75, 3.05) is 46.9 Å². The zero-order valence-electron chi connectivity index (χ0n) is 19.2. The van der Waals surface area contributed by atoms with Crippen molar-refractivity contribution in [1.29, 1.82) is 0 Å². The molecule has 6 heteroatoms. The Hall–Kier alpha value is -2.70. The highest BCUT2D eigenvalue weighted by atomic mass is 19.1. The Balaban J connectivity index is 1.62. The molecule has 0 N–H and O–H groups in total. The fourth-order valence-corrected chi connectivity index (χ4v) is 4.51. The third kappa shape index (κ3) is 4.71. The molecule has 1 aliphatic rings. The summed E-state index contributed by atoms with van der Waals surface area (Å²) in [7, 11) is 3.78. The molecule has 4 rings (SSSR count). The van der Waals surface area contributed by atoms with Crippen LogP contribution < -0.4 is 10.2 Å². The topological polar surface area (TPSA) is 37.7 Å². The van der Waals surface area contributed by atoms with E-state index in [1.165, 1.54) is 6.07 Å². The summed E-state index contributed by atoms with van der Waals surface area (Å²) >= 11 is 0. The highest BCUT2D eigenvalue weighted by Gasteiger charge is 2.17. The van der Waals surface area contributed by atoms with Gasteiger partial charge >= 0.3 is 0 Å². The molecule has 32 heavy (non-hydrogen) atoms. The van der Waals surface area contributed by atoms with Crippen molar-refractivity contribution in [2.45, 2.75) is 26.3 Å². The minimum Gasteiger partial charge on any atom is -0.497 e. The van der Waals surface area contributed by atoms with Crippen molar-refractivity contribution in [3.63, 3.8) is 0 Å². The molecule has 0 radical (unpaired) electrons. The Morgan fingerprint density at radius 1 is 0.969 bits per heavy atom. The molecule has 3 aromatic rings. The number of ether oxygens (including phenoxy) is 1. The predicted molar refractivity (Wildman–Crippen MR) is 128 cm³/mol. The number of nitrogens with zero attached hydrogens (tertiary/aromatic N) is 3. The molecule has 0 unspecified atom stereocenters. The second kappa shape index (κ2) is 9.84. The quantitative estimate of drug-likeness (QED) is 0.521. The third-order valence-electron chi connectivity index (χ3n) is 6.49. The lowest BCUT2D eigenvalue weighted by Crippen LogP contribution is -2.44. The van der Waals surface area contributed by atoms with Gasteiger partial charge in [-0.25, -0.2) is 4.39 Å². The molecular formula is C26H32FN3O2. The summed E-state index contributed by atoms with van der Waals surface area (Å²) in [5.41, 5.74) is 2.64. The Morgan fingerprint density at radius 3 is 2.34 bits per heavy atom. The first-order chi connectivity index (χ1) is 15.5. The lowest BCUT2D eigenvalue weighted by Gasteiger charge is -2.32. The highest BCUT2D eigenvalue weighted by Crippen LogP contribution is 2.26. The van der Waals surface area contributed by atoms with Crippen LogP contribution in [-0.4, -0.2) is 61.2 Å². The number of piperazine rings is 1. The molecule has 0 amide bonds. The summed E-state index contributed by atoms with van der Waals surface area (Å²) in [4.78, 5) is 18.1. The molecular weight excluding hydrogens is 405 g/mol. The van der Waals surface area contributed by atoms with Crippen LogP contribution in [0.5, 0.6) is 5.75 Å². The van der Waals surface area contributed by atoms with Gasteiger partial charge in [0.1, 0.15) is 11.6 Å². The maximum absolute atomic E-state index is 14.8. The van der Waals surface area contributed by atoms with Crippen LogP contribution in [-0.2, 0) is 6.54 Å². The molecule has 2 aromatic carbocycles. The maximum atomic E-state index is 14.8. The summed E-state index contributed by atoms with van der Waals surface area (Å²) in [5.74, 6) is 0.262. The number of rotatable bonds is 7. The van der Waals surface area contributed by atoms with Gasteiger partial charge in [-0.15, -0.1) is 0 Å². The van der Waals surface area contributed by atoms with E-state index in [9.17, 15) is 9.18 Å². The Bertz CT molecular complexity index is 1130. The van der Waals surface area contributed by atoms with E-state index >= 15 is 0 Å². The average molecular weight is 438 g/mol. The number of halogens is 1. The molecule has 1 aromatic heterocycles. The molecule has 0 aliphatic carbocycles. The zero-order chi connectivity index (χ0) is 22.7. The van der Waals surface area contributed by atoms with Crippen LogP contribution in [0.25, 0.3) is 22.0 Å². The van der Waals surface area contributed by atoms with Gasteiger partial charge in [-0.05, 0) is 62.7 Å². The van der Waals surface area contributed by atoms with Gasteiger partial charge in [0.05, 0.1) is 18.0 Å². The van der Waals surface area contributed by atoms with Crippen LogP contribution in [0.2, 0.25) is 0 Å². The van der Waals surface area contributed by atoms with E-state index in [4.69, 9.17) is 4.74 Å². The second-order valence-corrected chi connectivity index (χ2v) is 8.73. The summed E-state index contributed by atoms with van der Waals surface area (Å²) in [6.07, 6.45) is 3.95. The summed E-state index contributed by atoms with van der Waals surface area (Å²) in [6, 6.07) is 10.5. The SMILES string of the molecule is COc1ccc(-c2cn(CCCCN3CCN(C)CC3)c3c(C)ccc(F)c3c2=O)cc1. The first kappa shape index (κ1) is 22.5. The lowest BCUT2D eigenvalue weighted by molar-refractivity contribution is 0.151. The number of benzene rings is 2. The van der Waals surface area contributed by atoms with Crippen molar-refractivity contribution < 1.29 is 9.13 Å². The number of pyridine rings is 1. The molecule has 5 nitrogen and oxygen atoms in total. The van der Waals surface area contributed by atoms with Crippen molar-refractivity contribution in [1.82, 2.24) is 14.4 Å². The van der Waals surface area contributed by atoms with Gasteiger partial charge in [0.15, 0.2) is 5.43 Å². The molecule has 1 fully saturated rings. The van der Waals surface area contributed by atoms with Gasteiger partial charge in [-0.2, -0.15) is 0 Å². The van der Waals surface area contributed by atoms with Crippen LogP contribution >= 0.6 is 0 Å². The van der Waals surface area contributed by atoms with Crippen LogP contribution in [0.1, 0.15) is 18.4 Å². The molecule has 0 bridgehead atoms. The van der Waals surface area contributed by atoms with Gasteiger partial charge in [0, 0.05) is 44.5 Å². The van der Waals surface area contributed by atoms with E-state index in [1.807, 2.05) is 37.4 Å². The van der Waals surface area contributed by atoms with Crippen molar-refractivity contribution in [3.05, 3.63) is 64.2 Å². The molecule has 0 saturated carbocycles. The Morgan fingerprint density at radius 2 is 1.66 bits per heavy atom. The highest BCUT2D eigenvalue weighted by molar-refractivity contribution is 5.87. The average Bonchev–Trinajstić information content (AvgIpc) is 2.81. The fourth-order valence-electron chi connectivity index (χ4n) is 4.51. The van der Waals surface area contributed by atoms with Crippen LogP contribution in [0.15, 0.2) is 47.4 Å². The molecule has 1 aliphatic heterocycles. The van der Waals surface area contributed by atoms with Crippen LogP contribution in [0.4, 0.5) is 4.39 Å². The number of fused-ring (bicyclic) bond motifs is 1. The minimum atomic E-state index is -0.461. The smallest absolute Gasteiger partial charge is 0.200 e. The van der Waals surface area contributed by atoms with E-state index in [1.54, 1.807) is 13.2 Å². The fraction of sp³-hybridized carbons (Fsp3) is 0.423. The molecule has 0 atom stereocenters. The summed E-state index contributed by atoms with van der Waals surface area (Å²) < 4.78 is 22.1. The van der Waals surface area contributed by atoms with Gasteiger partial charge in [0.25, 0.3) is 0 Å². The van der Waals surface area contributed by atoms with E-state index in [-0.39, 0.29) is 10.8 Å². The number of unbranched alkanes of at least 4 members (excludes halogenated alkanes) is 1. The van der Waals surface area contributed by atoms with Gasteiger partial charge in [-0.1, -0.05) is 18.2 Å². The Labute approximate surface area is 189 Å². The van der Waals surface area contributed by atoms with Crippen molar-refractivity contribution in [3.8, 4) is 16.9 Å². The number of hydrogen-bond acceptors (Lipinski definition) is 4.